The largest absolute Gasteiger partial charge is 0.372 e. The predicted octanol–water partition coefficient (Wildman–Crippen LogP) is 1.46. The third-order valence-electron chi connectivity index (χ3n) is 2.98. The maximum atomic E-state index is 11.0. The van der Waals surface area contributed by atoms with Gasteiger partial charge in [0.2, 0.25) is 5.95 Å². The van der Waals surface area contributed by atoms with Crippen LogP contribution in [0.4, 0.5) is 11.6 Å². The summed E-state index contributed by atoms with van der Waals surface area (Å²) in [5.74, 6) is 0.207. The number of aromatic amines is 1. The highest BCUT2D eigenvalue weighted by Gasteiger charge is 2.00. The molecular weight excluding hydrogens is 268 g/mol. The first-order chi connectivity index (χ1) is 10.2. The molecule has 1 aromatic carbocycles. The summed E-state index contributed by atoms with van der Waals surface area (Å²) in [6.45, 7) is 6.21. The average Bonchev–Trinajstić information content (AvgIpc) is 2.50. The Kier molecular flexibility index (Phi) is 5.03. The molecule has 0 spiro atoms. The van der Waals surface area contributed by atoms with Crippen molar-refractivity contribution in [2.75, 3.05) is 23.4 Å². The highest BCUT2D eigenvalue weighted by Crippen LogP contribution is 2.13. The van der Waals surface area contributed by atoms with Crippen molar-refractivity contribution in [3.05, 3.63) is 46.4 Å². The van der Waals surface area contributed by atoms with Crippen LogP contribution in [0, 0.1) is 0 Å². The standard InChI is InChI=1S/C14H18N6O/c1-3-20(4-2)12-7-5-11(6-8-12)9-15-18-14-17-13(21)10-16-19-14/h5-10H,3-4H2,1-2H3,(H2,17,18,19,21). The van der Waals surface area contributed by atoms with E-state index in [2.05, 4.69) is 56.6 Å². The Labute approximate surface area is 122 Å². The van der Waals surface area contributed by atoms with Gasteiger partial charge in [0, 0.05) is 18.8 Å². The minimum absolute atomic E-state index is 0.207. The maximum absolute atomic E-state index is 11.0. The third-order valence-corrected chi connectivity index (χ3v) is 2.98. The molecule has 7 nitrogen and oxygen atoms in total. The summed E-state index contributed by atoms with van der Waals surface area (Å²) in [6.07, 6.45) is 2.75. The molecular formula is C14H18N6O. The number of benzene rings is 1. The van der Waals surface area contributed by atoms with E-state index >= 15 is 0 Å². The van der Waals surface area contributed by atoms with E-state index in [1.54, 1.807) is 6.21 Å². The van der Waals surface area contributed by atoms with Gasteiger partial charge in [0.25, 0.3) is 5.56 Å². The number of H-pyrrole nitrogens is 1. The number of anilines is 2. The van der Waals surface area contributed by atoms with Crippen LogP contribution < -0.4 is 15.9 Å². The summed E-state index contributed by atoms with van der Waals surface area (Å²) in [5, 5.41) is 11.2. The van der Waals surface area contributed by atoms with Crippen molar-refractivity contribution in [2.24, 2.45) is 5.10 Å². The highest BCUT2D eigenvalue weighted by molar-refractivity contribution is 5.80. The molecule has 2 N–H and O–H groups in total. The Morgan fingerprint density at radius 2 is 2.00 bits per heavy atom. The summed E-state index contributed by atoms with van der Waals surface area (Å²) in [6, 6.07) is 8.08. The van der Waals surface area contributed by atoms with Gasteiger partial charge >= 0.3 is 0 Å². The number of aromatic nitrogens is 3. The van der Waals surface area contributed by atoms with Crippen molar-refractivity contribution in [1.82, 2.24) is 15.2 Å². The normalized spacial score (nSPS) is 10.8. The molecule has 0 fully saturated rings. The van der Waals surface area contributed by atoms with Crippen molar-refractivity contribution >= 4 is 17.9 Å². The lowest BCUT2D eigenvalue weighted by Gasteiger charge is -2.20. The van der Waals surface area contributed by atoms with Gasteiger partial charge in [0.05, 0.1) is 6.21 Å². The molecule has 0 unspecified atom stereocenters. The lowest BCUT2D eigenvalue weighted by Crippen LogP contribution is -2.21. The molecule has 0 amide bonds. The summed E-state index contributed by atoms with van der Waals surface area (Å²) in [7, 11) is 0. The van der Waals surface area contributed by atoms with Crippen LogP contribution in [0.2, 0.25) is 0 Å². The molecule has 0 aliphatic heterocycles. The zero-order chi connectivity index (χ0) is 15.1. The van der Waals surface area contributed by atoms with E-state index in [9.17, 15) is 4.79 Å². The van der Waals surface area contributed by atoms with Crippen molar-refractivity contribution in [3.8, 4) is 0 Å². The van der Waals surface area contributed by atoms with Gasteiger partial charge in [0.1, 0.15) is 6.20 Å². The van der Waals surface area contributed by atoms with E-state index < -0.39 is 0 Å². The average molecular weight is 286 g/mol. The van der Waals surface area contributed by atoms with E-state index in [0.717, 1.165) is 24.8 Å². The van der Waals surface area contributed by atoms with Gasteiger partial charge in [-0.25, -0.2) is 5.43 Å². The molecule has 0 radical (unpaired) electrons. The van der Waals surface area contributed by atoms with Crippen molar-refractivity contribution in [3.63, 3.8) is 0 Å². The number of hydrazone groups is 1. The Balaban J connectivity index is 2.00. The van der Waals surface area contributed by atoms with E-state index in [0.29, 0.717) is 0 Å². The Morgan fingerprint density at radius 3 is 2.62 bits per heavy atom. The van der Waals surface area contributed by atoms with Crippen LogP contribution in [0.25, 0.3) is 0 Å². The van der Waals surface area contributed by atoms with Crippen molar-refractivity contribution < 1.29 is 0 Å². The van der Waals surface area contributed by atoms with E-state index in [1.807, 2.05) is 12.1 Å². The molecule has 110 valence electrons. The monoisotopic (exact) mass is 286 g/mol. The van der Waals surface area contributed by atoms with Gasteiger partial charge in [-0.15, -0.1) is 10.2 Å². The first-order valence-electron chi connectivity index (χ1n) is 6.79. The number of hydrogen-bond acceptors (Lipinski definition) is 6. The molecule has 2 rings (SSSR count). The van der Waals surface area contributed by atoms with Crippen molar-refractivity contribution in [2.45, 2.75) is 13.8 Å². The quantitative estimate of drug-likeness (QED) is 0.620. The molecule has 7 heteroatoms. The second kappa shape index (κ2) is 7.18. The van der Waals surface area contributed by atoms with Gasteiger partial charge < -0.3 is 4.90 Å². The van der Waals surface area contributed by atoms with Crippen LogP contribution in [0.3, 0.4) is 0 Å². The fraction of sp³-hybridized carbons (Fsp3) is 0.286. The first kappa shape index (κ1) is 14.7. The smallest absolute Gasteiger partial charge is 0.271 e. The number of nitrogens with one attached hydrogen (secondary N) is 2. The lowest BCUT2D eigenvalue weighted by molar-refractivity contribution is 0.866. The topological polar surface area (TPSA) is 86.3 Å². The summed E-state index contributed by atoms with van der Waals surface area (Å²) in [5.41, 5.74) is 4.43. The summed E-state index contributed by atoms with van der Waals surface area (Å²) >= 11 is 0. The molecule has 0 saturated heterocycles. The molecule has 0 saturated carbocycles. The molecule has 21 heavy (non-hydrogen) atoms. The van der Waals surface area contributed by atoms with Crippen LogP contribution in [0.15, 0.2) is 40.4 Å². The molecule has 1 aromatic heterocycles. The van der Waals surface area contributed by atoms with Crippen LogP contribution in [-0.2, 0) is 0 Å². The molecule has 2 aromatic rings. The first-order valence-corrected chi connectivity index (χ1v) is 6.79. The highest BCUT2D eigenvalue weighted by atomic mass is 16.1. The van der Waals surface area contributed by atoms with Gasteiger partial charge in [-0.1, -0.05) is 12.1 Å². The minimum Gasteiger partial charge on any atom is -0.372 e. The fourth-order valence-corrected chi connectivity index (χ4v) is 1.89. The van der Waals surface area contributed by atoms with Crippen LogP contribution in [0.1, 0.15) is 19.4 Å². The van der Waals surface area contributed by atoms with E-state index in [4.69, 9.17) is 0 Å². The van der Waals surface area contributed by atoms with E-state index in [1.165, 1.54) is 5.69 Å². The fourth-order valence-electron chi connectivity index (χ4n) is 1.89. The lowest BCUT2D eigenvalue weighted by atomic mass is 10.2. The maximum Gasteiger partial charge on any atom is 0.271 e. The molecule has 0 aliphatic rings. The van der Waals surface area contributed by atoms with Crippen molar-refractivity contribution in [1.29, 1.82) is 0 Å². The molecule has 0 atom stereocenters. The third kappa shape index (κ3) is 4.13. The number of rotatable bonds is 6. The van der Waals surface area contributed by atoms with Crippen LogP contribution in [0.5, 0.6) is 0 Å². The SMILES string of the molecule is CCN(CC)c1ccc(C=NNc2nncc(=O)[nH]2)cc1. The summed E-state index contributed by atoms with van der Waals surface area (Å²) in [4.78, 5) is 15.8. The van der Waals surface area contributed by atoms with Gasteiger partial charge in [0.15, 0.2) is 0 Å². The summed E-state index contributed by atoms with van der Waals surface area (Å²) < 4.78 is 0. The van der Waals surface area contributed by atoms with Crippen LogP contribution in [-0.4, -0.2) is 34.5 Å². The van der Waals surface area contributed by atoms with Gasteiger partial charge in [-0.2, -0.15) is 5.10 Å². The second-order valence-electron chi connectivity index (χ2n) is 4.32. The minimum atomic E-state index is -0.328. The number of hydrogen-bond donors (Lipinski definition) is 2. The zero-order valence-corrected chi connectivity index (χ0v) is 12.1. The molecule has 0 aliphatic carbocycles. The predicted molar refractivity (Wildman–Crippen MR) is 83.9 cm³/mol. The van der Waals surface area contributed by atoms with E-state index in [-0.39, 0.29) is 11.5 Å². The molecule has 0 bridgehead atoms. The number of nitrogens with zero attached hydrogens (tertiary/aromatic N) is 4. The van der Waals surface area contributed by atoms with Crippen LogP contribution >= 0.6 is 0 Å². The van der Waals surface area contributed by atoms with Gasteiger partial charge in [-0.05, 0) is 31.5 Å². The van der Waals surface area contributed by atoms with Gasteiger partial charge in [-0.3, -0.25) is 9.78 Å². The Morgan fingerprint density at radius 1 is 1.29 bits per heavy atom. The Bertz CT molecular complexity index is 645. The second-order valence-corrected chi connectivity index (χ2v) is 4.32. The Hall–Kier alpha value is -2.70. The molecule has 1 heterocycles. The zero-order valence-electron chi connectivity index (χ0n) is 12.1.